The Morgan fingerprint density at radius 2 is 0.538 bits per heavy atom. The highest BCUT2D eigenvalue weighted by Crippen LogP contribution is 2.60. The van der Waals surface area contributed by atoms with Gasteiger partial charge in [0.2, 0.25) is 0 Å². The van der Waals surface area contributed by atoms with Gasteiger partial charge in [-0.25, -0.2) is 8.78 Å². The first-order valence-corrected chi connectivity index (χ1v) is 10.2. The zero-order valence-electron chi connectivity index (χ0n) is 10.7. The van der Waals surface area contributed by atoms with E-state index < -0.39 is 61.4 Å². The van der Waals surface area contributed by atoms with Crippen LogP contribution in [-0.4, -0.2) is 54.2 Å². The molecule has 158 valence electrons. The van der Waals surface area contributed by atoms with Gasteiger partial charge in [0.05, 0.1) is 0 Å². The number of rotatable bonds is 7. The van der Waals surface area contributed by atoms with Crippen molar-refractivity contribution in [3.8, 4) is 0 Å². The summed E-state index contributed by atoms with van der Waals surface area (Å²) in [6, 6.07) is 0. The molecule has 0 bridgehead atoms. The standard InChI is InChI=1S/C4F10O8S4/c5-1(23(11,15)16,3(7,8)25(13,19)20)2(6,24(12,17)18)4(9,10)26(14,21)22. The van der Waals surface area contributed by atoms with Gasteiger partial charge in [0.1, 0.15) is 0 Å². The summed E-state index contributed by atoms with van der Waals surface area (Å²) in [6.45, 7) is 0. The van der Waals surface area contributed by atoms with Gasteiger partial charge in [0.25, 0.3) is 0 Å². The molecule has 26 heavy (non-hydrogen) atoms. The van der Waals surface area contributed by atoms with E-state index in [2.05, 4.69) is 0 Å². The van der Waals surface area contributed by atoms with Gasteiger partial charge in [-0.15, -0.1) is 7.77 Å². The molecule has 8 nitrogen and oxygen atoms in total. The van der Waals surface area contributed by atoms with Crippen LogP contribution in [-0.2, 0) is 40.9 Å². The quantitative estimate of drug-likeness (QED) is 0.373. The summed E-state index contributed by atoms with van der Waals surface area (Å²) >= 11 is 0. The number of alkyl halides is 6. The highest BCUT2D eigenvalue weighted by atomic mass is 32.3. The molecule has 0 N–H and O–H groups in total. The Morgan fingerprint density at radius 3 is 0.615 bits per heavy atom. The van der Waals surface area contributed by atoms with Crippen molar-refractivity contribution in [2.45, 2.75) is 20.5 Å². The molecule has 0 aromatic rings. The minimum Gasteiger partial charge on any atom is -0.210 e. The molecule has 0 aliphatic carbocycles. The van der Waals surface area contributed by atoms with Crippen molar-refractivity contribution in [2.24, 2.45) is 0 Å². The van der Waals surface area contributed by atoms with E-state index >= 15 is 0 Å². The third-order valence-electron chi connectivity index (χ3n) is 2.45. The van der Waals surface area contributed by atoms with Crippen LogP contribution in [0, 0.1) is 0 Å². The maximum Gasteiger partial charge on any atom is 0.429 e. The molecule has 0 aromatic heterocycles. The zero-order chi connectivity index (χ0) is 22.0. The van der Waals surface area contributed by atoms with Gasteiger partial charge in [-0.2, -0.15) is 51.2 Å². The molecular formula is C4F10O8S4. The lowest BCUT2D eigenvalue weighted by molar-refractivity contribution is -0.146. The Morgan fingerprint density at radius 1 is 0.385 bits per heavy atom. The topological polar surface area (TPSA) is 137 Å². The van der Waals surface area contributed by atoms with E-state index in [0.717, 1.165) is 0 Å². The van der Waals surface area contributed by atoms with Crippen molar-refractivity contribution >= 4 is 40.9 Å². The molecule has 2 atom stereocenters. The van der Waals surface area contributed by atoms with Crippen LogP contribution in [0.3, 0.4) is 0 Å². The van der Waals surface area contributed by atoms with Gasteiger partial charge in [-0.1, -0.05) is 7.77 Å². The number of hydrogen-bond donors (Lipinski definition) is 0. The van der Waals surface area contributed by atoms with Crippen LogP contribution in [0.4, 0.5) is 41.9 Å². The van der Waals surface area contributed by atoms with E-state index in [1.807, 2.05) is 0 Å². The van der Waals surface area contributed by atoms with Gasteiger partial charge in [-0.05, 0) is 0 Å². The monoisotopic (exact) mass is 494 g/mol. The molecule has 0 fully saturated rings. The molecule has 0 aliphatic heterocycles. The van der Waals surface area contributed by atoms with E-state index in [9.17, 15) is 75.6 Å². The van der Waals surface area contributed by atoms with Crippen LogP contribution < -0.4 is 0 Å². The highest BCUT2D eigenvalue weighted by molar-refractivity contribution is 7.95. The summed E-state index contributed by atoms with van der Waals surface area (Å²) in [5.74, 6) is 0. The molecule has 0 radical (unpaired) electrons. The summed E-state index contributed by atoms with van der Waals surface area (Å²) < 4.78 is 212. The first-order chi connectivity index (χ1) is 10.8. The lowest BCUT2D eigenvalue weighted by atomic mass is 10.2. The Labute approximate surface area is 137 Å². The average Bonchev–Trinajstić information content (AvgIpc) is 2.30. The summed E-state index contributed by atoms with van der Waals surface area (Å²) in [6.07, 6.45) is 0. The molecule has 0 rings (SSSR count). The average molecular weight is 494 g/mol. The predicted octanol–water partition coefficient (Wildman–Crippen LogP) is 0.701. The van der Waals surface area contributed by atoms with E-state index in [-0.39, 0.29) is 0 Å². The summed E-state index contributed by atoms with van der Waals surface area (Å²) in [5, 5.41) is -33.0. The van der Waals surface area contributed by atoms with E-state index in [1.165, 1.54) is 0 Å². The van der Waals surface area contributed by atoms with Crippen molar-refractivity contribution < 1.29 is 75.6 Å². The van der Waals surface area contributed by atoms with E-state index in [1.54, 1.807) is 0 Å². The van der Waals surface area contributed by atoms with Crippen molar-refractivity contribution in [1.82, 2.24) is 0 Å². The van der Waals surface area contributed by atoms with Crippen molar-refractivity contribution in [3.05, 3.63) is 0 Å². The molecule has 0 aromatic carbocycles. The van der Waals surface area contributed by atoms with Crippen molar-refractivity contribution in [3.63, 3.8) is 0 Å². The van der Waals surface area contributed by atoms with Crippen molar-refractivity contribution in [1.29, 1.82) is 0 Å². The van der Waals surface area contributed by atoms with E-state index in [4.69, 9.17) is 0 Å². The van der Waals surface area contributed by atoms with Crippen molar-refractivity contribution in [2.75, 3.05) is 0 Å². The molecule has 22 heteroatoms. The number of hydrogen-bond acceptors (Lipinski definition) is 8. The molecule has 0 aliphatic rings. The summed E-state index contributed by atoms with van der Waals surface area (Å²) in [5.41, 5.74) is 0. The first kappa shape index (κ1) is 25.1. The van der Waals surface area contributed by atoms with Crippen LogP contribution in [0.5, 0.6) is 0 Å². The van der Waals surface area contributed by atoms with Gasteiger partial charge in [0, 0.05) is 0 Å². The second-order valence-electron chi connectivity index (χ2n) is 3.98. The minimum atomic E-state index is -8.83. The fourth-order valence-electron chi connectivity index (χ4n) is 1.29. The van der Waals surface area contributed by atoms with Gasteiger partial charge < -0.3 is 0 Å². The molecule has 0 saturated carbocycles. The fourth-order valence-corrected chi connectivity index (χ4v) is 5.57. The van der Waals surface area contributed by atoms with Gasteiger partial charge >= 0.3 is 61.4 Å². The Bertz CT molecular complexity index is 927. The minimum absolute atomic E-state index is 8.09. The molecule has 0 amide bonds. The largest absolute Gasteiger partial charge is 0.429 e. The lowest BCUT2D eigenvalue weighted by Crippen LogP contribution is -2.73. The Hall–Kier alpha value is -0.900. The smallest absolute Gasteiger partial charge is 0.210 e. The zero-order valence-corrected chi connectivity index (χ0v) is 13.9. The van der Waals surface area contributed by atoms with Crippen LogP contribution in [0.2, 0.25) is 0 Å². The lowest BCUT2D eigenvalue weighted by Gasteiger charge is -2.37. The summed E-state index contributed by atoms with van der Waals surface area (Å²) in [4.78, 5) is 0. The SMILES string of the molecule is O=S(=O)(F)C(F)(F)C(F)(C(F)(C(F)(F)S(=O)(=O)F)S(=O)(=O)F)S(=O)(=O)F. The van der Waals surface area contributed by atoms with Crippen LogP contribution in [0.1, 0.15) is 0 Å². The van der Waals surface area contributed by atoms with E-state index in [0.29, 0.717) is 0 Å². The first-order valence-electron chi connectivity index (χ1n) is 4.65. The maximum atomic E-state index is 13.9. The Kier molecular flexibility index (Phi) is 5.60. The predicted molar refractivity (Wildman–Crippen MR) is 57.7 cm³/mol. The number of halogens is 10. The van der Waals surface area contributed by atoms with Crippen LogP contribution in [0.25, 0.3) is 0 Å². The van der Waals surface area contributed by atoms with Crippen LogP contribution >= 0.6 is 0 Å². The maximum absolute atomic E-state index is 13.9. The second-order valence-corrected chi connectivity index (χ2v) is 9.63. The normalized spacial score (nSPS) is 20.2. The summed E-state index contributed by atoms with van der Waals surface area (Å²) in [7, 11) is -34.5. The molecule has 0 spiro atoms. The second kappa shape index (κ2) is 5.80. The Balaban J connectivity index is 8.03. The third kappa shape index (κ3) is 2.93. The van der Waals surface area contributed by atoms with Gasteiger partial charge in [0.15, 0.2) is 0 Å². The molecular weight excluding hydrogens is 494 g/mol. The van der Waals surface area contributed by atoms with Gasteiger partial charge in [-0.3, -0.25) is 0 Å². The molecule has 2 unspecified atom stereocenters. The third-order valence-corrected chi connectivity index (χ3v) is 7.04. The highest BCUT2D eigenvalue weighted by Gasteiger charge is 2.96. The fraction of sp³-hybridized carbons (Fsp3) is 1.00. The molecule has 0 heterocycles. The van der Waals surface area contributed by atoms with Crippen LogP contribution in [0.15, 0.2) is 0 Å². The molecule has 0 saturated heterocycles.